The summed E-state index contributed by atoms with van der Waals surface area (Å²) in [4.78, 5) is 4.26. The zero-order valence-corrected chi connectivity index (χ0v) is 13.4. The Bertz CT molecular complexity index is 719. The second-order valence-electron chi connectivity index (χ2n) is 4.65. The molecule has 0 amide bonds. The average Bonchev–Trinajstić information content (AvgIpc) is 3.11. The molecule has 1 unspecified atom stereocenters. The third-order valence-electron chi connectivity index (χ3n) is 3.22. The van der Waals surface area contributed by atoms with Crippen molar-refractivity contribution in [2.24, 2.45) is 0 Å². The lowest BCUT2D eigenvalue weighted by molar-refractivity contribution is 0.214. The monoisotopic (exact) mass is 344 g/mol. The molecule has 21 heavy (non-hydrogen) atoms. The van der Waals surface area contributed by atoms with Crippen LogP contribution in [-0.2, 0) is 10.0 Å². The lowest BCUT2D eigenvalue weighted by Crippen LogP contribution is -2.31. The number of rotatable bonds is 4. The van der Waals surface area contributed by atoms with E-state index in [1.165, 1.54) is 21.7 Å². The van der Waals surface area contributed by atoms with Crippen LogP contribution in [-0.4, -0.2) is 36.9 Å². The van der Waals surface area contributed by atoms with E-state index in [9.17, 15) is 8.42 Å². The van der Waals surface area contributed by atoms with Gasteiger partial charge in [-0.25, -0.2) is 13.4 Å². The van der Waals surface area contributed by atoms with Gasteiger partial charge in [0.15, 0.2) is 0 Å². The molecule has 1 atom stereocenters. The number of halogens is 1. The third kappa shape index (κ3) is 3.21. The van der Waals surface area contributed by atoms with Gasteiger partial charge in [0, 0.05) is 23.1 Å². The first-order chi connectivity index (χ1) is 10.1. The molecule has 112 valence electrons. The van der Waals surface area contributed by atoms with Crippen LogP contribution in [0.15, 0.2) is 40.7 Å². The first kappa shape index (κ1) is 14.8. The van der Waals surface area contributed by atoms with E-state index in [1.807, 2.05) is 5.38 Å². The molecule has 1 aliphatic rings. The summed E-state index contributed by atoms with van der Waals surface area (Å²) in [7, 11) is -3.52. The Morgan fingerprint density at radius 2 is 2.29 bits per heavy atom. The Kier molecular flexibility index (Phi) is 4.17. The molecule has 0 bridgehead atoms. The summed E-state index contributed by atoms with van der Waals surface area (Å²) >= 11 is 7.26. The maximum absolute atomic E-state index is 12.5. The van der Waals surface area contributed by atoms with Crippen LogP contribution >= 0.6 is 22.9 Å². The summed E-state index contributed by atoms with van der Waals surface area (Å²) < 4.78 is 32.2. The molecule has 1 saturated heterocycles. The summed E-state index contributed by atoms with van der Waals surface area (Å²) in [5.41, 5.74) is 0. The lowest BCUT2D eigenvalue weighted by atomic mass is 10.3. The van der Waals surface area contributed by atoms with E-state index in [1.54, 1.807) is 24.4 Å². The second kappa shape index (κ2) is 5.92. The topological polar surface area (TPSA) is 59.5 Å². The molecule has 0 radical (unpaired) electrons. The first-order valence-electron chi connectivity index (χ1n) is 6.37. The van der Waals surface area contributed by atoms with Gasteiger partial charge in [-0.15, -0.1) is 0 Å². The number of sulfonamides is 1. The molecule has 1 aromatic heterocycles. The highest BCUT2D eigenvalue weighted by molar-refractivity contribution is 7.89. The Labute approximate surface area is 132 Å². The van der Waals surface area contributed by atoms with Crippen LogP contribution in [0.25, 0.3) is 0 Å². The van der Waals surface area contributed by atoms with Gasteiger partial charge in [0.2, 0.25) is 10.0 Å². The predicted molar refractivity (Wildman–Crippen MR) is 81.4 cm³/mol. The molecule has 1 aliphatic heterocycles. The van der Waals surface area contributed by atoms with Crippen LogP contribution in [0, 0.1) is 0 Å². The maximum atomic E-state index is 12.5. The van der Waals surface area contributed by atoms with E-state index >= 15 is 0 Å². The fourth-order valence-corrected chi connectivity index (χ4v) is 4.54. The molecule has 2 aromatic rings. The maximum Gasteiger partial charge on any atom is 0.273 e. The SMILES string of the molecule is O=S(=O)(c1cccc(Cl)c1)N1CCC(Oc2nccs2)C1. The quantitative estimate of drug-likeness (QED) is 0.855. The largest absolute Gasteiger partial charge is 0.465 e. The number of aromatic nitrogens is 1. The van der Waals surface area contributed by atoms with E-state index in [4.69, 9.17) is 16.3 Å². The molecule has 5 nitrogen and oxygen atoms in total. The molecular formula is C13H13ClN2O3S2. The van der Waals surface area contributed by atoms with E-state index in [2.05, 4.69) is 4.98 Å². The first-order valence-corrected chi connectivity index (χ1v) is 9.07. The Morgan fingerprint density at radius 1 is 1.43 bits per heavy atom. The van der Waals surface area contributed by atoms with Crippen molar-refractivity contribution in [3.05, 3.63) is 40.9 Å². The molecule has 2 heterocycles. The highest BCUT2D eigenvalue weighted by Gasteiger charge is 2.34. The average molecular weight is 345 g/mol. The summed E-state index contributed by atoms with van der Waals surface area (Å²) in [6, 6.07) is 6.30. The van der Waals surface area contributed by atoms with Gasteiger partial charge in [-0.1, -0.05) is 29.0 Å². The Hall–Kier alpha value is -1.15. The number of benzene rings is 1. The van der Waals surface area contributed by atoms with Crippen molar-refractivity contribution in [1.82, 2.24) is 9.29 Å². The van der Waals surface area contributed by atoms with Crippen LogP contribution in [0.5, 0.6) is 5.19 Å². The summed E-state index contributed by atoms with van der Waals surface area (Å²) in [6.45, 7) is 0.763. The standard InChI is InChI=1S/C13H13ClN2O3S2/c14-10-2-1-3-12(8-10)21(17,18)16-6-4-11(9-16)19-13-15-5-7-20-13/h1-3,5,7-8,11H,4,6,9H2. The number of ether oxygens (including phenoxy) is 1. The number of thiazole rings is 1. The van der Waals surface area contributed by atoms with Gasteiger partial charge >= 0.3 is 0 Å². The highest BCUT2D eigenvalue weighted by atomic mass is 35.5. The van der Waals surface area contributed by atoms with Gasteiger partial charge < -0.3 is 4.74 Å². The molecule has 0 spiro atoms. The third-order valence-corrected chi connectivity index (χ3v) is 5.98. The summed E-state index contributed by atoms with van der Waals surface area (Å²) in [5.74, 6) is 0. The molecule has 1 fully saturated rings. The summed E-state index contributed by atoms with van der Waals surface area (Å²) in [5, 5.41) is 2.80. The fourth-order valence-electron chi connectivity index (χ4n) is 2.20. The van der Waals surface area contributed by atoms with E-state index in [0.29, 0.717) is 29.7 Å². The number of hydrogen-bond acceptors (Lipinski definition) is 5. The molecule has 3 rings (SSSR count). The van der Waals surface area contributed by atoms with Crippen LogP contribution < -0.4 is 4.74 Å². The van der Waals surface area contributed by atoms with Crippen LogP contribution in [0.3, 0.4) is 0 Å². The second-order valence-corrected chi connectivity index (χ2v) is 7.88. The van der Waals surface area contributed by atoms with Crippen LogP contribution in [0.1, 0.15) is 6.42 Å². The minimum atomic E-state index is -3.52. The van der Waals surface area contributed by atoms with Gasteiger partial charge in [0.25, 0.3) is 5.19 Å². The molecule has 1 aromatic carbocycles. The van der Waals surface area contributed by atoms with Crippen molar-refractivity contribution >= 4 is 33.0 Å². The minimum Gasteiger partial charge on any atom is -0.465 e. The van der Waals surface area contributed by atoms with E-state index in [-0.39, 0.29) is 11.0 Å². The predicted octanol–water partition coefficient (Wildman–Crippen LogP) is 2.64. The van der Waals surface area contributed by atoms with Gasteiger partial charge in [0.05, 0.1) is 11.4 Å². The van der Waals surface area contributed by atoms with Gasteiger partial charge in [0.1, 0.15) is 6.10 Å². The van der Waals surface area contributed by atoms with Crippen molar-refractivity contribution < 1.29 is 13.2 Å². The van der Waals surface area contributed by atoms with E-state index < -0.39 is 10.0 Å². The molecule has 0 saturated carbocycles. The van der Waals surface area contributed by atoms with Crippen LogP contribution in [0.2, 0.25) is 5.02 Å². The molecule has 8 heteroatoms. The van der Waals surface area contributed by atoms with Crippen molar-refractivity contribution in [2.45, 2.75) is 17.4 Å². The smallest absolute Gasteiger partial charge is 0.273 e. The molecule has 0 aliphatic carbocycles. The minimum absolute atomic E-state index is 0.162. The van der Waals surface area contributed by atoms with Gasteiger partial charge in [-0.05, 0) is 24.6 Å². The Morgan fingerprint density at radius 3 is 3.00 bits per heavy atom. The normalized spacial score (nSPS) is 19.8. The lowest BCUT2D eigenvalue weighted by Gasteiger charge is -2.16. The van der Waals surface area contributed by atoms with Gasteiger partial charge in [-0.2, -0.15) is 4.31 Å². The zero-order chi connectivity index (χ0) is 14.9. The van der Waals surface area contributed by atoms with Crippen molar-refractivity contribution in [3.8, 4) is 5.19 Å². The number of hydrogen-bond donors (Lipinski definition) is 0. The van der Waals surface area contributed by atoms with Gasteiger partial charge in [-0.3, -0.25) is 0 Å². The molecular weight excluding hydrogens is 332 g/mol. The summed E-state index contributed by atoms with van der Waals surface area (Å²) in [6.07, 6.45) is 2.15. The zero-order valence-electron chi connectivity index (χ0n) is 11.0. The van der Waals surface area contributed by atoms with Crippen molar-refractivity contribution in [1.29, 1.82) is 0 Å². The Balaban J connectivity index is 1.73. The van der Waals surface area contributed by atoms with Crippen molar-refractivity contribution in [3.63, 3.8) is 0 Å². The molecule has 0 N–H and O–H groups in total. The van der Waals surface area contributed by atoms with E-state index in [0.717, 1.165) is 0 Å². The van der Waals surface area contributed by atoms with Crippen molar-refractivity contribution in [2.75, 3.05) is 13.1 Å². The van der Waals surface area contributed by atoms with Crippen LogP contribution in [0.4, 0.5) is 0 Å². The fraction of sp³-hybridized carbons (Fsp3) is 0.308. The number of nitrogens with zero attached hydrogens (tertiary/aromatic N) is 2. The highest BCUT2D eigenvalue weighted by Crippen LogP contribution is 2.26.